The Kier molecular flexibility index (Phi) is 5.01. The van der Waals surface area contributed by atoms with Crippen LogP contribution < -0.4 is 15.8 Å². The molecule has 0 aliphatic carbocycles. The van der Waals surface area contributed by atoms with E-state index in [0.717, 1.165) is 11.4 Å². The second-order valence-electron chi connectivity index (χ2n) is 4.51. The highest BCUT2D eigenvalue weighted by atomic mass is 32.1. The van der Waals surface area contributed by atoms with Crippen LogP contribution in [0.3, 0.4) is 0 Å². The third kappa shape index (κ3) is 3.74. The van der Waals surface area contributed by atoms with Crippen LogP contribution in [0.25, 0.3) is 0 Å². The van der Waals surface area contributed by atoms with E-state index in [9.17, 15) is 0 Å². The van der Waals surface area contributed by atoms with E-state index in [2.05, 4.69) is 34.1 Å². The van der Waals surface area contributed by atoms with E-state index in [-0.39, 0.29) is 0 Å². The summed E-state index contributed by atoms with van der Waals surface area (Å²) >= 11 is 1.70. The zero-order chi connectivity index (χ0) is 14.4. The van der Waals surface area contributed by atoms with Gasteiger partial charge in [-0.3, -0.25) is 4.99 Å². The Hall–Kier alpha value is -2.01. The number of nitrogens with zero attached hydrogens (tertiary/aromatic N) is 1. The molecule has 0 fully saturated rings. The van der Waals surface area contributed by atoms with E-state index in [1.165, 1.54) is 5.56 Å². The molecule has 3 N–H and O–H groups in total. The molecule has 0 amide bonds. The van der Waals surface area contributed by atoms with Gasteiger partial charge in [-0.15, -0.1) is 0 Å². The van der Waals surface area contributed by atoms with Crippen molar-refractivity contribution in [3.05, 3.63) is 46.7 Å². The van der Waals surface area contributed by atoms with Crippen LogP contribution in [-0.4, -0.2) is 19.6 Å². The zero-order valence-corrected chi connectivity index (χ0v) is 12.5. The van der Waals surface area contributed by atoms with Gasteiger partial charge in [0.1, 0.15) is 5.75 Å². The summed E-state index contributed by atoms with van der Waals surface area (Å²) in [4.78, 5) is 4.38. The normalized spacial score (nSPS) is 13.0. The van der Waals surface area contributed by atoms with E-state index in [1.807, 2.05) is 24.3 Å². The van der Waals surface area contributed by atoms with Crippen LogP contribution in [0.1, 0.15) is 18.4 Å². The molecule has 2 rings (SSSR count). The van der Waals surface area contributed by atoms with Gasteiger partial charge in [-0.2, -0.15) is 11.3 Å². The number of benzene rings is 1. The van der Waals surface area contributed by atoms with Crippen molar-refractivity contribution in [2.24, 2.45) is 10.7 Å². The first-order valence-corrected chi connectivity index (χ1v) is 7.37. The number of aliphatic imine (C=N–C) groups is 1. The lowest BCUT2D eigenvalue weighted by atomic mass is 10.1. The first kappa shape index (κ1) is 14.4. The Labute approximate surface area is 123 Å². The molecule has 0 bridgehead atoms. The fraction of sp³-hybridized carbons (Fsp3) is 0.267. The number of guanidine groups is 1. The van der Waals surface area contributed by atoms with Crippen LogP contribution in [0.4, 0.5) is 5.69 Å². The second-order valence-corrected chi connectivity index (χ2v) is 5.29. The maximum atomic E-state index is 5.92. The van der Waals surface area contributed by atoms with Gasteiger partial charge in [0, 0.05) is 12.5 Å². The highest BCUT2D eigenvalue weighted by Crippen LogP contribution is 2.23. The molecule has 20 heavy (non-hydrogen) atoms. The number of methoxy groups -OCH3 is 1. The van der Waals surface area contributed by atoms with Gasteiger partial charge in [0.05, 0.1) is 12.8 Å². The predicted molar refractivity (Wildman–Crippen MR) is 85.8 cm³/mol. The monoisotopic (exact) mass is 289 g/mol. The van der Waals surface area contributed by atoms with E-state index in [1.54, 1.807) is 18.4 Å². The largest absolute Gasteiger partial charge is 0.495 e. The lowest BCUT2D eigenvalue weighted by molar-refractivity contribution is 0.417. The minimum Gasteiger partial charge on any atom is -0.495 e. The van der Waals surface area contributed by atoms with Crippen LogP contribution in [0.5, 0.6) is 5.75 Å². The number of ether oxygens (including phenoxy) is 1. The molecular weight excluding hydrogens is 270 g/mol. The third-order valence-electron chi connectivity index (χ3n) is 3.02. The minimum atomic E-state index is 0.360. The number of hydrogen-bond acceptors (Lipinski definition) is 3. The molecule has 0 spiro atoms. The molecule has 5 heteroatoms. The zero-order valence-electron chi connectivity index (χ0n) is 11.7. The molecule has 1 aromatic carbocycles. The van der Waals surface area contributed by atoms with Crippen LogP contribution in [0.2, 0.25) is 0 Å². The summed E-state index contributed by atoms with van der Waals surface area (Å²) in [6.07, 6.45) is 0. The Bertz CT molecular complexity index is 566. The van der Waals surface area contributed by atoms with Gasteiger partial charge in [-0.1, -0.05) is 19.1 Å². The maximum Gasteiger partial charge on any atom is 0.193 e. The molecule has 0 saturated carbocycles. The van der Waals surface area contributed by atoms with Crippen molar-refractivity contribution in [1.82, 2.24) is 0 Å². The van der Waals surface area contributed by atoms with Crippen molar-refractivity contribution in [2.45, 2.75) is 12.8 Å². The fourth-order valence-electron chi connectivity index (χ4n) is 1.82. The maximum absolute atomic E-state index is 5.92. The molecular formula is C15H19N3OS. The molecule has 1 heterocycles. The highest BCUT2D eigenvalue weighted by molar-refractivity contribution is 7.07. The van der Waals surface area contributed by atoms with Crippen LogP contribution in [0, 0.1) is 0 Å². The SMILES string of the molecule is COc1ccccc1NC(N)=NCC(C)c1ccsc1. The van der Waals surface area contributed by atoms with Gasteiger partial charge in [0.25, 0.3) is 0 Å². The molecule has 106 valence electrons. The first-order chi connectivity index (χ1) is 9.70. The molecule has 0 aliphatic rings. The molecule has 1 atom stereocenters. The summed E-state index contributed by atoms with van der Waals surface area (Å²) in [5, 5.41) is 7.29. The fourth-order valence-corrected chi connectivity index (χ4v) is 2.60. The molecule has 0 radical (unpaired) electrons. The smallest absolute Gasteiger partial charge is 0.193 e. The Morgan fingerprint density at radius 3 is 2.90 bits per heavy atom. The van der Waals surface area contributed by atoms with Crippen molar-refractivity contribution in [3.8, 4) is 5.75 Å². The minimum absolute atomic E-state index is 0.360. The van der Waals surface area contributed by atoms with E-state index in [0.29, 0.717) is 18.4 Å². The molecule has 1 aromatic heterocycles. The van der Waals surface area contributed by atoms with E-state index in [4.69, 9.17) is 10.5 Å². The van der Waals surface area contributed by atoms with E-state index >= 15 is 0 Å². The molecule has 0 saturated heterocycles. The third-order valence-corrected chi connectivity index (χ3v) is 3.72. The van der Waals surface area contributed by atoms with Crippen molar-refractivity contribution in [2.75, 3.05) is 19.0 Å². The van der Waals surface area contributed by atoms with Gasteiger partial charge < -0.3 is 15.8 Å². The lowest BCUT2D eigenvalue weighted by Gasteiger charge is -2.11. The lowest BCUT2D eigenvalue weighted by Crippen LogP contribution is -2.23. The number of hydrogen-bond donors (Lipinski definition) is 2. The van der Waals surface area contributed by atoms with Gasteiger partial charge >= 0.3 is 0 Å². The van der Waals surface area contributed by atoms with Crippen LogP contribution in [-0.2, 0) is 0 Å². The predicted octanol–water partition coefficient (Wildman–Crippen LogP) is 3.29. The Morgan fingerprint density at radius 2 is 2.20 bits per heavy atom. The number of rotatable bonds is 5. The van der Waals surface area contributed by atoms with Crippen molar-refractivity contribution < 1.29 is 4.74 Å². The average molecular weight is 289 g/mol. The molecule has 4 nitrogen and oxygen atoms in total. The molecule has 1 unspecified atom stereocenters. The average Bonchev–Trinajstić information content (AvgIpc) is 2.99. The van der Waals surface area contributed by atoms with Crippen molar-refractivity contribution in [3.63, 3.8) is 0 Å². The number of nitrogens with one attached hydrogen (secondary N) is 1. The summed E-state index contributed by atoms with van der Waals surface area (Å²) in [6, 6.07) is 9.74. The Morgan fingerprint density at radius 1 is 1.40 bits per heavy atom. The van der Waals surface area contributed by atoms with Gasteiger partial charge in [-0.05, 0) is 34.5 Å². The number of anilines is 1. The van der Waals surface area contributed by atoms with Crippen molar-refractivity contribution >= 4 is 23.0 Å². The topological polar surface area (TPSA) is 59.6 Å². The summed E-state index contributed by atoms with van der Waals surface area (Å²) in [5.41, 5.74) is 8.03. The molecule has 0 aliphatic heterocycles. The summed E-state index contributed by atoms with van der Waals surface area (Å²) in [5.74, 6) is 1.51. The van der Waals surface area contributed by atoms with Gasteiger partial charge in [0.15, 0.2) is 5.96 Å². The number of para-hydroxylation sites is 2. The second kappa shape index (κ2) is 6.96. The Balaban J connectivity index is 1.97. The van der Waals surface area contributed by atoms with Crippen molar-refractivity contribution in [1.29, 1.82) is 0 Å². The van der Waals surface area contributed by atoms with Crippen LogP contribution >= 0.6 is 11.3 Å². The van der Waals surface area contributed by atoms with E-state index < -0.39 is 0 Å². The number of thiophene rings is 1. The highest BCUT2D eigenvalue weighted by Gasteiger charge is 2.06. The van der Waals surface area contributed by atoms with Gasteiger partial charge in [0.2, 0.25) is 0 Å². The standard InChI is InChI=1S/C15H19N3OS/c1-11(12-7-8-20-10-12)9-17-15(16)18-13-5-3-4-6-14(13)19-2/h3-8,10-11H,9H2,1-2H3,(H3,16,17,18). The molecule has 2 aromatic rings. The van der Waals surface area contributed by atoms with Gasteiger partial charge in [-0.25, -0.2) is 0 Å². The number of nitrogens with two attached hydrogens (primary N) is 1. The summed E-state index contributed by atoms with van der Waals surface area (Å²) in [7, 11) is 1.63. The quantitative estimate of drug-likeness (QED) is 0.656. The summed E-state index contributed by atoms with van der Waals surface area (Å²) < 4.78 is 5.26. The van der Waals surface area contributed by atoms with Crippen LogP contribution in [0.15, 0.2) is 46.1 Å². The first-order valence-electron chi connectivity index (χ1n) is 6.42. The summed E-state index contributed by atoms with van der Waals surface area (Å²) in [6.45, 7) is 2.80.